The molecule has 1 saturated heterocycles. The Kier molecular flexibility index (Phi) is 7.12. The summed E-state index contributed by atoms with van der Waals surface area (Å²) in [4.78, 5) is 37.1. The molecule has 2 amide bonds. The van der Waals surface area contributed by atoms with Crippen LogP contribution in [0.3, 0.4) is 0 Å². The molecule has 0 spiro atoms. The predicted molar refractivity (Wildman–Crippen MR) is 130 cm³/mol. The van der Waals surface area contributed by atoms with Crippen LogP contribution in [0.15, 0.2) is 48.5 Å². The number of amides is 2. The maximum atomic E-state index is 12.8. The standard InChI is InChI=1S/C27H32N2O6/c1-27(2,3)14-22(25(31)32)28-24(30)23-21(12-13-34-23)29-26(33)35-15-20-18-10-6-4-8-16(18)17-9-5-7-11-19(17)20/h4-11,20-23H,12-15H2,1-3H3,(H,28,30)(H,29,33)(H,31,32)/t21-,22?,23+/m1/s1. The summed E-state index contributed by atoms with van der Waals surface area (Å²) in [6, 6.07) is 14.5. The van der Waals surface area contributed by atoms with E-state index in [0.29, 0.717) is 6.42 Å². The molecule has 1 aliphatic heterocycles. The van der Waals surface area contributed by atoms with Crippen molar-refractivity contribution >= 4 is 18.0 Å². The molecule has 35 heavy (non-hydrogen) atoms. The zero-order valence-electron chi connectivity index (χ0n) is 20.2. The molecule has 1 aliphatic carbocycles. The first-order chi connectivity index (χ1) is 16.6. The fraction of sp³-hybridized carbons (Fsp3) is 0.444. The van der Waals surface area contributed by atoms with Gasteiger partial charge in [-0.2, -0.15) is 0 Å². The minimum Gasteiger partial charge on any atom is -0.480 e. The van der Waals surface area contributed by atoms with Gasteiger partial charge in [0.25, 0.3) is 5.91 Å². The van der Waals surface area contributed by atoms with Crippen molar-refractivity contribution in [3.05, 3.63) is 59.7 Å². The molecule has 1 unspecified atom stereocenters. The van der Waals surface area contributed by atoms with Crippen molar-refractivity contribution < 1.29 is 29.0 Å². The number of alkyl carbamates (subject to hydrolysis) is 1. The number of benzene rings is 2. The number of rotatable bonds is 7. The highest BCUT2D eigenvalue weighted by atomic mass is 16.6. The van der Waals surface area contributed by atoms with E-state index in [9.17, 15) is 19.5 Å². The van der Waals surface area contributed by atoms with E-state index in [2.05, 4.69) is 22.8 Å². The summed E-state index contributed by atoms with van der Waals surface area (Å²) in [6.07, 6.45) is -0.910. The molecule has 2 aliphatic rings. The second kappa shape index (κ2) is 10.1. The number of hydrogen-bond acceptors (Lipinski definition) is 5. The average molecular weight is 481 g/mol. The SMILES string of the molecule is CC(C)(C)CC(NC(=O)[C@H]1OCC[C@H]1NC(=O)OCC1c2ccccc2-c2ccccc21)C(=O)O. The number of hydrogen-bond donors (Lipinski definition) is 3. The molecule has 4 rings (SSSR count). The first kappa shape index (κ1) is 24.7. The number of ether oxygens (including phenoxy) is 2. The van der Waals surface area contributed by atoms with Crippen LogP contribution >= 0.6 is 0 Å². The Morgan fingerprint density at radius 3 is 2.23 bits per heavy atom. The molecule has 0 bridgehead atoms. The number of aliphatic carboxylic acids is 1. The summed E-state index contributed by atoms with van der Waals surface area (Å²) >= 11 is 0. The van der Waals surface area contributed by atoms with Crippen molar-refractivity contribution in [2.24, 2.45) is 5.41 Å². The second-order valence-corrected chi connectivity index (χ2v) is 10.3. The van der Waals surface area contributed by atoms with Crippen molar-refractivity contribution in [2.45, 2.75) is 57.7 Å². The Labute approximate surface area is 205 Å². The van der Waals surface area contributed by atoms with E-state index in [0.717, 1.165) is 22.3 Å². The highest BCUT2D eigenvalue weighted by Crippen LogP contribution is 2.44. The van der Waals surface area contributed by atoms with Crippen molar-refractivity contribution in [3.63, 3.8) is 0 Å². The monoisotopic (exact) mass is 480 g/mol. The third kappa shape index (κ3) is 5.65. The van der Waals surface area contributed by atoms with Crippen LogP contribution in [0.1, 0.15) is 50.7 Å². The third-order valence-electron chi connectivity index (χ3n) is 6.43. The van der Waals surface area contributed by atoms with E-state index >= 15 is 0 Å². The van der Waals surface area contributed by atoms with E-state index in [1.165, 1.54) is 0 Å². The predicted octanol–water partition coefficient (Wildman–Crippen LogP) is 3.69. The van der Waals surface area contributed by atoms with Gasteiger partial charge in [-0.1, -0.05) is 69.3 Å². The zero-order chi connectivity index (χ0) is 25.2. The fourth-order valence-electron chi connectivity index (χ4n) is 4.85. The molecule has 8 nitrogen and oxygen atoms in total. The summed E-state index contributed by atoms with van der Waals surface area (Å²) in [5, 5.41) is 14.8. The number of carbonyl (C=O) groups excluding carboxylic acids is 2. The van der Waals surface area contributed by atoms with Gasteiger partial charge in [-0.3, -0.25) is 4.79 Å². The van der Waals surface area contributed by atoms with Crippen molar-refractivity contribution in [3.8, 4) is 11.1 Å². The van der Waals surface area contributed by atoms with Gasteiger partial charge in [-0.05, 0) is 40.5 Å². The summed E-state index contributed by atoms with van der Waals surface area (Å²) in [7, 11) is 0. The van der Waals surface area contributed by atoms with Gasteiger partial charge in [-0.25, -0.2) is 9.59 Å². The molecule has 3 N–H and O–H groups in total. The van der Waals surface area contributed by atoms with Crippen LogP contribution in [-0.4, -0.2) is 54.5 Å². The Morgan fingerprint density at radius 2 is 1.66 bits per heavy atom. The first-order valence-corrected chi connectivity index (χ1v) is 11.9. The fourth-order valence-corrected chi connectivity index (χ4v) is 4.85. The normalized spacial score (nSPS) is 20.0. The number of nitrogens with one attached hydrogen (secondary N) is 2. The van der Waals surface area contributed by atoms with Gasteiger partial charge in [-0.15, -0.1) is 0 Å². The molecule has 2 aromatic rings. The van der Waals surface area contributed by atoms with Crippen LogP contribution in [0.5, 0.6) is 0 Å². The van der Waals surface area contributed by atoms with Gasteiger partial charge in [0, 0.05) is 12.5 Å². The molecule has 2 aromatic carbocycles. The Hall–Kier alpha value is -3.39. The average Bonchev–Trinajstić information content (AvgIpc) is 3.39. The van der Waals surface area contributed by atoms with Crippen LogP contribution in [0.4, 0.5) is 4.79 Å². The Morgan fingerprint density at radius 1 is 1.06 bits per heavy atom. The van der Waals surface area contributed by atoms with E-state index in [1.54, 1.807) is 0 Å². The second-order valence-electron chi connectivity index (χ2n) is 10.3. The highest BCUT2D eigenvalue weighted by Gasteiger charge is 2.38. The zero-order valence-corrected chi connectivity index (χ0v) is 20.2. The van der Waals surface area contributed by atoms with Crippen molar-refractivity contribution in [2.75, 3.05) is 13.2 Å². The lowest BCUT2D eigenvalue weighted by Gasteiger charge is -2.26. The van der Waals surface area contributed by atoms with Gasteiger partial charge in [0.05, 0.1) is 6.04 Å². The summed E-state index contributed by atoms with van der Waals surface area (Å²) < 4.78 is 11.1. The van der Waals surface area contributed by atoms with E-state index in [1.807, 2.05) is 57.2 Å². The van der Waals surface area contributed by atoms with Gasteiger partial charge >= 0.3 is 12.1 Å². The number of carboxylic acids is 1. The third-order valence-corrected chi connectivity index (χ3v) is 6.43. The topological polar surface area (TPSA) is 114 Å². The van der Waals surface area contributed by atoms with Crippen LogP contribution in [0, 0.1) is 5.41 Å². The molecule has 1 heterocycles. The quantitative estimate of drug-likeness (QED) is 0.557. The minimum atomic E-state index is -1.10. The molecule has 0 saturated carbocycles. The molecular formula is C27H32N2O6. The highest BCUT2D eigenvalue weighted by molar-refractivity contribution is 5.87. The molecular weight excluding hydrogens is 448 g/mol. The van der Waals surface area contributed by atoms with Gasteiger partial charge < -0.3 is 25.2 Å². The van der Waals surface area contributed by atoms with Crippen molar-refractivity contribution in [1.29, 1.82) is 0 Å². The summed E-state index contributed by atoms with van der Waals surface area (Å²) in [5.41, 5.74) is 4.22. The van der Waals surface area contributed by atoms with Crippen LogP contribution in [0.25, 0.3) is 11.1 Å². The summed E-state index contributed by atoms with van der Waals surface area (Å²) in [6.45, 7) is 6.16. The van der Waals surface area contributed by atoms with E-state index in [4.69, 9.17) is 9.47 Å². The molecule has 186 valence electrons. The van der Waals surface area contributed by atoms with Gasteiger partial charge in [0.15, 0.2) is 6.10 Å². The number of fused-ring (bicyclic) bond motifs is 3. The lowest BCUT2D eigenvalue weighted by Crippen LogP contribution is -2.52. The molecule has 0 radical (unpaired) electrons. The minimum absolute atomic E-state index is 0.0687. The molecule has 0 aromatic heterocycles. The van der Waals surface area contributed by atoms with Gasteiger partial charge in [0.2, 0.25) is 0 Å². The van der Waals surface area contributed by atoms with Gasteiger partial charge in [0.1, 0.15) is 12.6 Å². The van der Waals surface area contributed by atoms with E-state index in [-0.39, 0.29) is 31.0 Å². The Balaban J connectivity index is 1.36. The van der Waals surface area contributed by atoms with Crippen LogP contribution in [0.2, 0.25) is 0 Å². The summed E-state index contributed by atoms with van der Waals surface area (Å²) in [5.74, 6) is -1.73. The number of carbonyl (C=O) groups is 3. The van der Waals surface area contributed by atoms with Crippen LogP contribution < -0.4 is 10.6 Å². The van der Waals surface area contributed by atoms with E-state index < -0.39 is 36.2 Å². The Bertz CT molecular complexity index is 1060. The first-order valence-electron chi connectivity index (χ1n) is 11.9. The number of carboxylic acid groups (broad SMARTS) is 1. The maximum absolute atomic E-state index is 12.8. The lowest BCUT2D eigenvalue weighted by atomic mass is 9.88. The molecule has 8 heteroatoms. The molecule has 1 fully saturated rings. The maximum Gasteiger partial charge on any atom is 0.407 e. The largest absolute Gasteiger partial charge is 0.480 e. The van der Waals surface area contributed by atoms with Crippen molar-refractivity contribution in [1.82, 2.24) is 10.6 Å². The van der Waals surface area contributed by atoms with Crippen LogP contribution in [-0.2, 0) is 19.1 Å². The lowest BCUT2D eigenvalue weighted by molar-refractivity contribution is -0.144. The smallest absolute Gasteiger partial charge is 0.407 e. The molecule has 3 atom stereocenters.